The zero-order valence-electron chi connectivity index (χ0n) is 14.5. The van der Waals surface area contributed by atoms with E-state index in [1.807, 2.05) is 18.2 Å². The molecular weight excluding hydrogens is 306 g/mol. The lowest BCUT2D eigenvalue weighted by molar-refractivity contribution is 0.0937. The lowest BCUT2D eigenvalue weighted by Crippen LogP contribution is -2.40. The van der Waals surface area contributed by atoms with Gasteiger partial charge in [-0.3, -0.25) is 9.69 Å². The molecule has 0 spiro atoms. The summed E-state index contributed by atoms with van der Waals surface area (Å²) in [5.74, 6) is 1.31. The van der Waals surface area contributed by atoms with Crippen LogP contribution < -0.4 is 14.8 Å². The van der Waals surface area contributed by atoms with E-state index in [4.69, 9.17) is 9.47 Å². The summed E-state index contributed by atoms with van der Waals surface area (Å²) in [5, 5.41) is 3.89. The topological polar surface area (TPSA) is 66.6 Å². The van der Waals surface area contributed by atoms with Gasteiger partial charge in [-0.15, -0.1) is 0 Å². The molecule has 2 heterocycles. The summed E-state index contributed by atoms with van der Waals surface area (Å²) in [7, 11) is 3.23. The van der Waals surface area contributed by atoms with Gasteiger partial charge < -0.3 is 19.8 Å². The molecule has 2 N–H and O–H groups in total. The van der Waals surface area contributed by atoms with Crippen molar-refractivity contribution in [3.63, 3.8) is 0 Å². The minimum absolute atomic E-state index is 0.0988. The number of fused-ring (bicyclic) bond motifs is 1. The van der Waals surface area contributed by atoms with Gasteiger partial charge in [0.2, 0.25) is 0 Å². The third-order valence-corrected chi connectivity index (χ3v) is 4.80. The number of likely N-dealkylation sites (tertiary alicyclic amines) is 1. The predicted molar refractivity (Wildman–Crippen MR) is 94.0 cm³/mol. The zero-order valence-corrected chi connectivity index (χ0v) is 14.5. The molecule has 1 fully saturated rings. The first-order chi connectivity index (χ1) is 11.7. The van der Waals surface area contributed by atoms with Gasteiger partial charge in [0.05, 0.1) is 19.7 Å². The first-order valence-electron chi connectivity index (χ1n) is 8.43. The Morgan fingerprint density at radius 1 is 1.33 bits per heavy atom. The Morgan fingerprint density at radius 2 is 2.08 bits per heavy atom. The summed E-state index contributed by atoms with van der Waals surface area (Å²) in [6.45, 7) is 4.99. The van der Waals surface area contributed by atoms with Gasteiger partial charge in [-0.1, -0.05) is 6.92 Å². The number of likely N-dealkylation sites (N-methyl/N-ethyl adjacent to an activating group) is 1. The number of methoxy groups -OCH3 is 2. The number of rotatable bonds is 6. The maximum atomic E-state index is 12.5. The largest absolute Gasteiger partial charge is 0.496 e. The molecule has 3 rings (SSSR count). The molecule has 1 atom stereocenters. The number of hydrogen-bond donors (Lipinski definition) is 2. The second-order valence-corrected chi connectivity index (χ2v) is 6.08. The second kappa shape index (κ2) is 7.13. The highest BCUT2D eigenvalue weighted by atomic mass is 16.5. The molecule has 130 valence electrons. The molecule has 24 heavy (non-hydrogen) atoms. The highest BCUT2D eigenvalue weighted by Gasteiger charge is 2.24. The molecule has 1 aromatic heterocycles. The van der Waals surface area contributed by atoms with Crippen LogP contribution in [-0.4, -0.2) is 55.7 Å². The highest BCUT2D eigenvalue weighted by Crippen LogP contribution is 2.33. The molecule has 1 saturated heterocycles. The van der Waals surface area contributed by atoms with Crippen molar-refractivity contribution in [2.45, 2.75) is 25.8 Å². The number of nitrogens with one attached hydrogen (secondary N) is 2. The van der Waals surface area contributed by atoms with Gasteiger partial charge in [0.25, 0.3) is 5.91 Å². The molecule has 6 heteroatoms. The van der Waals surface area contributed by atoms with Crippen molar-refractivity contribution in [2.24, 2.45) is 0 Å². The quantitative estimate of drug-likeness (QED) is 0.853. The van der Waals surface area contributed by atoms with Crippen molar-refractivity contribution in [3.05, 3.63) is 23.9 Å². The zero-order chi connectivity index (χ0) is 17.1. The maximum absolute atomic E-state index is 12.5. The SMILES string of the molecule is CCN1CCC[C@@H]1CNC(=O)c1cc2c(OC)ccc(OC)c2[nH]1. The molecular formula is C18H25N3O3. The summed E-state index contributed by atoms with van der Waals surface area (Å²) in [6.07, 6.45) is 2.34. The summed E-state index contributed by atoms with van der Waals surface area (Å²) >= 11 is 0. The summed E-state index contributed by atoms with van der Waals surface area (Å²) in [6, 6.07) is 5.93. The van der Waals surface area contributed by atoms with Crippen LogP contribution in [0.2, 0.25) is 0 Å². The van der Waals surface area contributed by atoms with Crippen LogP contribution in [0.3, 0.4) is 0 Å². The minimum Gasteiger partial charge on any atom is -0.496 e. The van der Waals surface area contributed by atoms with Gasteiger partial charge in [0.1, 0.15) is 17.2 Å². The Bertz CT molecular complexity index is 685. The Hall–Kier alpha value is -2.21. The van der Waals surface area contributed by atoms with Crippen molar-refractivity contribution in [1.82, 2.24) is 15.2 Å². The van der Waals surface area contributed by atoms with Crippen LogP contribution in [0.25, 0.3) is 10.9 Å². The maximum Gasteiger partial charge on any atom is 0.267 e. The van der Waals surface area contributed by atoms with Crippen molar-refractivity contribution in [2.75, 3.05) is 33.9 Å². The Balaban J connectivity index is 1.77. The van der Waals surface area contributed by atoms with E-state index >= 15 is 0 Å². The van der Waals surface area contributed by atoms with Crippen molar-refractivity contribution >= 4 is 16.8 Å². The van der Waals surface area contributed by atoms with Gasteiger partial charge in [0.15, 0.2) is 0 Å². The summed E-state index contributed by atoms with van der Waals surface area (Å²) in [5.41, 5.74) is 1.30. The number of aromatic amines is 1. The Kier molecular flexibility index (Phi) is 4.94. The fraction of sp³-hybridized carbons (Fsp3) is 0.500. The standard InChI is InChI=1S/C18H25N3O3/c1-4-21-9-5-6-12(21)11-19-18(22)14-10-13-15(23-2)7-8-16(24-3)17(13)20-14/h7-8,10,12,20H,4-6,9,11H2,1-3H3,(H,19,22)/t12-/m1/s1. The van der Waals surface area contributed by atoms with E-state index in [9.17, 15) is 4.79 Å². The van der Waals surface area contributed by atoms with E-state index < -0.39 is 0 Å². The van der Waals surface area contributed by atoms with E-state index in [0.29, 0.717) is 29.8 Å². The molecule has 1 aliphatic rings. The number of aromatic nitrogens is 1. The summed E-state index contributed by atoms with van der Waals surface area (Å²) in [4.78, 5) is 18.1. The van der Waals surface area contributed by atoms with E-state index in [1.165, 1.54) is 6.42 Å². The molecule has 1 aliphatic heterocycles. The smallest absolute Gasteiger partial charge is 0.267 e. The number of H-pyrrole nitrogens is 1. The molecule has 2 aromatic rings. The van der Waals surface area contributed by atoms with Crippen molar-refractivity contribution in [3.8, 4) is 11.5 Å². The van der Waals surface area contributed by atoms with Crippen LogP contribution >= 0.6 is 0 Å². The molecule has 0 saturated carbocycles. The third kappa shape index (κ3) is 3.06. The number of amides is 1. The van der Waals surface area contributed by atoms with Gasteiger partial charge in [-0.25, -0.2) is 0 Å². The number of hydrogen-bond acceptors (Lipinski definition) is 4. The number of carbonyl (C=O) groups excluding carboxylic acids is 1. The van der Waals surface area contributed by atoms with Gasteiger partial charge in [-0.05, 0) is 44.1 Å². The van der Waals surface area contributed by atoms with Crippen LogP contribution in [0.4, 0.5) is 0 Å². The summed E-state index contributed by atoms with van der Waals surface area (Å²) < 4.78 is 10.7. The van der Waals surface area contributed by atoms with Crippen LogP contribution in [0.1, 0.15) is 30.3 Å². The molecule has 6 nitrogen and oxygen atoms in total. The lowest BCUT2D eigenvalue weighted by atomic mass is 10.2. The molecule has 1 aromatic carbocycles. The molecule has 1 amide bonds. The van der Waals surface area contributed by atoms with Crippen LogP contribution in [0.5, 0.6) is 11.5 Å². The normalized spacial score (nSPS) is 18.0. The van der Waals surface area contributed by atoms with E-state index in [1.54, 1.807) is 14.2 Å². The Morgan fingerprint density at radius 3 is 2.79 bits per heavy atom. The number of benzene rings is 1. The third-order valence-electron chi connectivity index (χ3n) is 4.80. The van der Waals surface area contributed by atoms with E-state index in [0.717, 1.165) is 30.4 Å². The predicted octanol–water partition coefficient (Wildman–Crippen LogP) is 2.40. The highest BCUT2D eigenvalue weighted by molar-refractivity contribution is 6.01. The average Bonchev–Trinajstić information content (AvgIpc) is 3.25. The monoisotopic (exact) mass is 331 g/mol. The van der Waals surface area contributed by atoms with Crippen molar-refractivity contribution < 1.29 is 14.3 Å². The first kappa shape index (κ1) is 16.6. The Labute approximate surface area is 142 Å². The number of carbonyl (C=O) groups is 1. The van der Waals surface area contributed by atoms with E-state index in [-0.39, 0.29) is 5.91 Å². The fourth-order valence-electron chi connectivity index (χ4n) is 3.49. The molecule has 0 bridgehead atoms. The minimum atomic E-state index is -0.0988. The van der Waals surface area contributed by atoms with Gasteiger partial charge >= 0.3 is 0 Å². The molecule has 0 unspecified atom stereocenters. The number of ether oxygens (including phenoxy) is 2. The first-order valence-corrected chi connectivity index (χ1v) is 8.43. The van der Waals surface area contributed by atoms with Gasteiger partial charge in [0, 0.05) is 18.0 Å². The van der Waals surface area contributed by atoms with Gasteiger partial charge in [-0.2, -0.15) is 0 Å². The fourth-order valence-corrected chi connectivity index (χ4v) is 3.49. The molecule has 0 radical (unpaired) electrons. The van der Waals surface area contributed by atoms with Crippen LogP contribution in [-0.2, 0) is 0 Å². The second-order valence-electron chi connectivity index (χ2n) is 6.08. The lowest BCUT2D eigenvalue weighted by Gasteiger charge is -2.22. The number of nitrogens with zero attached hydrogens (tertiary/aromatic N) is 1. The van der Waals surface area contributed by atoms with Crippen LogP contribution in [0.15, 0.2) is 18.2 Å². The molecule has 0 aliphatic carbocycles. The van der Waals surface area contributed by atoms with Crippen LogP contribution in [0, 0.1) is 0 Å². The average molecular weight is 331 g/mol. The van der Waals surface area contributed by atoms with E-state index in [2.05, 4.69) is 22.1 Å². The van der Waals surface area contributed by atoms with Crippen molar-refractivity contribution in [1.29, 1.82) is 0 Å².